The Bertz CT molecular complexity index is 305. The molecule has 1 aromatic rings. The fourth-order valence-corrected chi connectivity index (χ4v) is 1.31. The Morgan fingerprint density at radius 2 is 2.25 bits per heavy atom. The average molecular weight is 224 g/mol. The normalized spacial score (nSPS) is 12.2. The summed E-state index contributed by atoms with van der Waals surface area (Å²) in [6.45, 7) is 5.56. The molecule has 0 saturated heterocycles. The van der Waals surface area contributed by atoms with Gasteiger partial charge < -0.3 is 14.8 Å². The smallest absolute Gasteiger partial charge is 0.215 e. The second kappa shape index (κ2) is 7.06. The van der Waals surface area contributed by atoms with Crippen LogP contribution >= 0.6 is 0 Å². The Morgan fingerprint density at radius 3 is 2.94 bits per heavy atom. The van der Waals surface area contributed by atoms with Gasteiger partial charge in [-0.1, -0.05) is 13.0 Å². The first kappa shape index (κ1) is 12.8. The summed E-state index contributed by atoms with van der Waals surface area (Å²) in [6, 6.07) is 5.71. The number of hydrogen-bond donors (Lipinski definition) is 1. The first-order valence-electron chi connectivity index (χ1n) is 5.62. The van der Waals surface area contributed by atoms with E-state index in [2.05, 4.69) is 17.2 Å². The Morgan fingerprint density at radius 1 is 1.44 bits per heavy atom. The Balaban J connectivity index is 2.52. The predicted molar refractivity (Wildman–Crippen MR) is 65.0 cm³/mol. The van der Waals surface area contributed by atoms with Crippen molar-refractivity contribution in [2.45, 2.75) is 26.4 Å². The Labute approximate surface area is 97.0 Å². The summed E-state index contributed by atoms with van der Waals surface area (Å²) in [4.78, 5) is 4.34. The molecule has 0 spiro atoms. The van der Waals surface area contributed by atoms with Gasteiger partial charge in [-0.2, -0.15) is 4.98 Å². The predicted octanol–water partition coefficient (Wildman–Crippen LogP) is 2.32. The molecule has 0 aliphatic heterocycles. The van der Waals surface area contributed by atoms with Gasteiger partial charge in [-0.3, -0.25) is 0 Å². The van der Waals surface area contributed by atoms with Crippen molar-refractivity contribution in [2.24, 2.45) is 0 Å². The standard InChI is InChI=1S/C12H20N2O2/c1-4-8-13-11-6-5-7-12(14-11)16-10(2)9-15-3/h5-7,10H,4,8-9H2,1-3H3,(H,13,14). The number of aromatic nitrogens is 1. The highest BCUT2D eigenvalue weighted by atomic mass is 16.5. The lowest BCUT2D eigenvalue weighted by molar-refractivity contribution is 0.0891. The maximum Gasteiger partial charge on any atom is 0.215 e. The number of ether oxygens (including phenoxy) is 2. The highest BCUT2D eigenvalue weighted by molar-refractivity contribution is 5.36. The van der Waals surface area contributed by atoms with Crippen LogP contribution in [-0.4, -0.2) is 31.3 Å². The molecule has 0 amide bonds. The summed E-state index contributed by atoms with van der Waals surface area (Å²) < 4.78 is 10.6. The van der Waals surface area contributed by atoms with Crippen LogP contribution in [-0.2, 0) is 4.74 Å². The molecular weight excluding hydrogens is 204 g/mol. The molecule has 0 fully saturated rings. The van der Waals surface area contributed by atoms with Gasteiger partial charge in [0.25, 0.3) is 0 Å². The molecule has 1 aromatic heterocycles. The summed E-state index contributed by atoms with van der Waals surface area (Å²) in [6.07, 6.45) is 1.09. The number of nitrogens with one attached hydrogen (secondary N) is 1. The van der Waals surface area contributed by atoms with E-state index in [9.17, 15) is 0 Å². The molecule has 0 aliphatic rings. The molecule has 0 aromatic carbocycles. The van der Waals surface area contributed by atoms with Crippen molar-refractivity contribution < 1.29 is 9.47 Å². The summed E-state index contributed by atoms with van der Waals surface area (Å²) >= 11 is 0. The van der Waals surface area contributed by atoms with Gasteiger partial charge in [0.15, 0.2) is 0 Å². The molecule has 0 bridgehead atoms. The van der Waals surface area contributed by atoms with Gasteiger partial charge in [0.1, 0.15) is 11.9 Å². The topological polar surface area (TPSA) is 43.4 Å². The van der Waals surface area contributed by atoms with Crippen molar-refractivity contribution in [2.75, 3.05) is 25.6 Å². The SMILES string of the molecule is CCCNc1cccc(OC(C)COC)n1. The zero-order valence-electron chi connectivity index (χ0n) is 10.2. The van der Waals surface area contributed by atoms with E-state index in [1.807, 2.05) is 25.1 Å². The van der Waals surface area contributed by atoms with Gasteiger partial charge >= 0.3 is 0 Å². The third kappa shape index (κ3) is 4.49. The zero-order chi connectivity index (χ0) is 11.8. The molecule has 16 heavy (non-hydrogen) atoms. The van der Waals surface area contributed by atoms with E-state index < -0.39 is 0 Å². The number of anilines is 1. The highest BCUT2D eigenvalue weighted by Gasteiger charge is 2.04. The van der Waals surface area contributed by atoms with Crippen molar-refractivity contribution in [3.63, 3.8) is 0 Å². The fourth-order valence-electron chi connectivity index (χ4n) is 1.31. The van der Waals surface area contributed by atoms with Crippen LogP contribution in [0.3, 0.4) is 0 Å². The van der Waals surface area contributed by atoms with Crippen molar-refractivity contribution in [1.82, 2.24) is 4.98 Å². The van der Waals surface area contributed by atoms with Crippen LogP contribution in [0.25, 0.3) is 0 Å². The molecule has 1 N–H and O–H groups in total. The van der Waals surface area contributed by atoms with Gasteiger partial charge in [-0.25, -0.2) is 0 Å². The summed E-state index contributed by atoms with van der Waals surface area (Å²) in [5.74, 6) is 1.48. The minimum absolute atomic E-state index is 0.0129. The molecular formula is C12H20N2O2. The van der Waals surface area contributed by atoms with E-state index in [-0.39, 0.29) is 6.10 Å². The van der Waals surface area contributed by atoms with E-state index in [4.69, 9.17) is 9.47 Å². The van der Waals surface area contributed by atoms with E-state index in [0.717, 1.165) is 18.8 Å². The lowest BCUT2D eigenvalue weighted by atomic mass is 10.4. The number of hydrogen-bond acceptors (Lipinski definition) is 4. The van der Waals surface area contributed by atoms with Crippen LogP contribution in [0.5, 0.6) is 5.88 Å². The van der Waals surface area contributed by atoms with Gasteiger partial charge in [-0.15, -0.1) is 0 Å². The third-order valence-corrected chi connectivity index (χ3v) is 2.00. The van der Waals surface area contributed by atoms with Gasteiger partial charge in [-0.05, 0) is 19.4 Å². The van der Waals surface area contributed by atoms with Crippen LogP contribution in [0.15, 0.2) is 18.2 Å². The number of methoxy groups -OCH3 is 1. The molecule has 0 saturated carbocycles. The zero-order valence-corrected chi connectivity index (χ0v) is 10.2. The maximum absolute atomic E-state index is 5.60. The summed E-state index contributed by atoms with van der Waals surface area (Å²) in [5.41, 5.74) is 0. The summed E-state index contributed by atoms with van der Waals surface area (Å²) in [5, 5.41) is 3.22. The second-order valence-corrected chi connectivity index (χ2v) is 3.67. The quantitative estimate of drug-likeness (QED) is 0.772. The average Bonchev–Trinajstić information content (AvgIpc) is 2.27. The monoisotopic (exact) mass is 224 g/mol. The highest BCUT2D eigenvalue weighted by Crippen LogP contribution is 2.12. The molecule has 1 heterocycles. The Kier molecular flexibility index (Phi) is 5.64. The molecule has 4 nitrogen and oxygen atoms in total. The van der Waals surface area contributed by atoms with E-state index in [1.165, 1.54) is 0 Å². The molecule has 1 unspecified atom stereocenters. The number of pyridine rings is 1. The van der Waals surface area contributed by atoms with E-state index in [1.54, 1.807) is 7.11 Å². The van der Waals surface area contributed by atoms with Crippen molar-refractivity contribution >= 4 is 5.82 Å². The van der Waals surface area contributed by atoms with Crippen molar-refractivity contribution in [3.05, 3.63) is 18.2 Å². The third-order valence-electron chi connectivity index (χ3n) is 2.00. The molecule has 1 atom stereocenters. The van der Waals surface area contributed by atoms with Crippen LogP contribution in [0.1, 0.15) is 20.3 Å². The first-order valence-corrected chi connectivity index (χ1v) is 5.62. The summed E-state index contributed by atoms with van der Waals surface area (Å²) in [7, 11) is 1.66. The lowest BCUT2D eigenvalue weighted by Gasteiger charge is -2.13. The van der Waals surface area contributed by atoms with E-state index >= 15 is 0 Å². The van der Waals surface area contributed by atoms with Gasteiger partial charge in [0.2, 0.25) is 5.88 Å². The molecule has 1 rings (SSSR count). The maximum atomic E-state index is 5.60. The van der Waals surface area contributed by atoms with Gasteiger partial charge in [0.05, 0.1) is 6.61 Å². The van der Waals surface area contributed by atoms with Crippen molar-refractivity contribution in [1.29, 1.82) is 0 Å². The van der Waals surface area contributed by atoms with Crippen LogP contribution in [0, 0.1) is 0 Å². The molecule has 4 heteroatoms. The molecule has 90 valence electrons. The van der Waals surface area contributed by atoms with E-state index in [0.29, 0.717) is 12.5 Å². The lowest BCUT2D eigenvalue weighted by Crippen LogP contribution is -2.18. The molecule has 0 radical (unpaired) electrons. The minimum Gasteiger partial charge on any atom is -0.472 e. The first-order chi connectivity index (χ1) is 7.76. The number of nitrogens with zero attached hydrogens (tertiary/aromatic N) is 1. The fraction of sp³-hybridized carbons (Fsp3) is 0.583. The van der Waals surface area contributed by atoms with Crippen LogP contribution in [0.2, 0.25) is 0 Å². The van der Waals surface area contributed by atoms with Crippen molar-refractivity contribution in [3.8, 4) is 5.88 Å². The second-order valence-electron chi connectivity index (χ2n) is 3.67. The van der Waals surface area contributed by atoms with Crippen LogP contribution in [0.4, 0.5) is 5.82 Å². The molecule has 0 aliphatic carbocycles. The Hall–Kier alpha value is -1.29. The largest absolute Gasteiger partial charge is 0.472 e. The van der Waals surface area contributed by atoms with Gasteiger partial charge in [0, 0.05) is 19.7 Å². The minimum atomic E-state index is 0.0129. The van der Waals surface area contributed by atoms with Crippen LogP contribution < -0.4 is 10.1 Å². The number of rotatable bonds is 7.